The summed E-state index contributed by atoms with van der Waals surface area (Å²) < 4.78 is 16.5. The number of benzene rings is 2. The van der Waals surface area contributed by atoms with Crippen molar-refractivity contribution < 1.29 is 19.0 Å². The number of nitrogens with one attached hydrogen (secondary N) is 1. The minimum absolute atomic E-state index is 0.0507. The molecule has 2 aliphatic heterocycles. The van der Waals surface area contributed by atoms with Gasteiger partial charge in [0.25, 0.3) is 0 Å². The van der Waals surface area contributed by atoms with Gasteiger partial charge < -0.3 is 19.5 Å². The van der Waals surface area contributed by atoms with Gasteiger partial charge in [0.05, 0.1) is 31.9 Å². The molecule has 1 N–H and O–H groups in total. The van der Waals surface area contributed by atoms with Crippen molar-refractivity contribution in [3.8, 4) is 5.75 Å². The lowest BCUT2D eigenvalue weighted by atomic mass is 9.76. The standard InChI is InChI=1S/C22H25NO4/c1-13-11-14(22(24)26-3)6-8-16(13)20-17-5-4-10-27-21(17)18-12-15(25-2)7-9-19(18)23-20/h6-9,11-12,17,20-21,23H,4-5,10H2,1-3H3/t17-,20+,21-/m1/s1. The average Bonchev–Trinajstić information content (AvgIpc) is 2.72. The van der Waals surface area contributed by atoms with E-state index in [-0.39, 0.29) is 18.1 Å². The third kappa shape index (κ3) is 3.16. The van der Waals surface area contributed by atoms with Crippen molar-refractivity contribution in [3.05, 3.63) is 58.7 Å². The molecule has 1 fully saturated rings. The molecular formula is C22H25NO4. The van der Waals surface area contributed by atoms with E-state index in [4.69, 9.17) is 14.2 Å². The number of aryl methyl sites for hydroxylation is 1. The summed E-state index contributed by atoms with van der Waals surface area (Å²) in [6, 6.07) is 12.0. The number of methoxy groups -OCH3 is 2. The van der Waals surface area contributed by atoms with E-state index in [9.17, 15) is 4.79 Å². The molecule has 0 saturated carbocycles. The summed E-state index contributed by atoms with van der Waals surface area (Å²) in [5.41, 5.74) is 5.11. The molecule has 5 heteroatoms. The largest absolute Gasteiger partial charge is 0.497 e. The zero-order valence-electron chi connectivity index (χ0n) is 16.0. The Balaban J connectivity index is 1.74. The first-order valence-electron chi connectivity index (χ1n) is 9.37. The average molecular weight is 367 g/mol. The van der Waals surface area contributed by atoms with Gasteiger partial charge in [-0.15, -0.1) is 0 Å². The highest BCUT2D eigenvalue weighted by atomic mass is 16.5. The molecule has 27 heavy (non-hydrogen) atoms. The second-order valence-corrected chi connectivity index (χ2v) is 7.24. The second-order valence-electron chi connectivity index (χ2n) is 7.24. The molecule has 2 aromatic rings. The Hall–Kier alpha value is -2.53. The lowest BCUT2D eigenvalue weighted by Crippen LogP contribution is -2.36. The Morgan fingerprint density at radius 1 is 1.15 bits per heavy atom. The molecule has 2 aromatic carbocycles. The maximum Gasteiger partial charge on any atom is 0.337 e. The van der Waals surface area contributed by atoms with Gasteiger partial charge in [-0.3, -0.25) is 0 Å². The molecule has 0 unspecified atom stereocenters. The molecule has 4 rings (SSSR count). The predicted molar refractivity (Wildman–Crippen MR) is 103 cm³/mol. The number of carbonyl (C=O) groups is 1. The Bertz CT molecular complexity index is 863. The van der Waals surface area contributed by atoms with Crippen molar-refractivity contribution in [2.75, 3.05) is 26.1 Å². The van der Waals surface area contributed by atoms with Crippen LogP contribution in [0.2, 0.25) is 0 Å². The Morgan fingerprint density at radius 3 is 2.74 bits per heavy atom. The first-order chi connectivity index (χ1) is 13.1. The minimum atomic E-state index is -0.308. The fourth-order valence-electron chi connectivity index (χ4n) is 4.35. The van der Waals surface area contributed by atoms with Gasteiger partial charge in [0.1, 0.15) is 5.75 Å². The van der Waals surface area contributed by atoms with Crippen LogP contribution in [0, 0.1) is 12.8 Å². The monoisotopic (exact) mass is 367 g/mol. The molecular weight excluding hydrogens is 342 g/mol. The van der Waals surface area contributed by atoms with Crippen molar-refractivity contribution in [3.63, 3.8) is 0 Å². The zero-order valence-corrected chi connectivity index (χ0v) is 16.0. The highest BCUT2D eigenvalue weighted by molar-refractivity contribution is 5.89. The van der Waals surface area contributed by atoms with Crippen LogP contribution in [-0.4, -0.2) is 26.8 Å². The first kappa shape index (κ1) is 17.9. The number of esters is 1. The van der Waals surface area contributed by atoms with Crippen LogP contribution in [0.5, 0.6) is 5.75 Å². The number of hydrogen-bond donors (Lipinski definition) is 1. The molecule has 142 valence electrons. The van der Waals surface area contributed by atoms with Crippen LogP contribution in [0.25, 0.3) is 0 Å². The van der Waals surface area contributed by atoms with Crippen molar-refractivity contribution >= 4 is 11.7 Å². The molecule has 2 aliphatic rings. The molecule has 2 heterocycles. The van der Waals surface area contributed by atoms with Crippen LogP contribution in [0.1, 0.15) is 52.0 Å². The van der Waals surface area contributed by atoms with E-state index in [0.717, 1.165) is 36.4 Å². The van der Waals surface area contributed by atoms with E-state index in [2.05, 4.69) is 17.4 Å². The molecule has 3 atom stereocenters. The summed E-state index contributed by atoms with van der Waals surface area (Å²) in [6.07, 6.45) is 2.20. The molecule has 5 nitrogen and oxygen atoms in total. The summed E-state index contributed by atoms with van der Waals surface area (Å²) >= 11 is 0. The van der Waals surface area contributed by atoms with Gasteiger partial charge in [0, 0.05) is 23.8 Å². The first-order valence-corrected chi connectivity index (χ1v) is 9.37. The van der Waals surface area contributed by atoms with Crippen molar-refractivity contribution in [2.45, 2.75) is 31.9 Å². The lowest BCUT2D eigenvalue weighted by molar-refractivity contribution is -0.0382. The van der Waals surface area contributed by atoms with E-state index in [1.807, 2.05) is 31.2 Å². The van der Waals surface area contributed by atoms with E-state index >= 15 is 0 Å². The lowest BCUT2D eigenvalue weighted by Gasteiger charge is -2.43. The number of rotatable bonds is 3. The third-order valence-electron chi connectivity index (χ3n) is 5.70. The smallest absolute Gasteiger partial charge is 0.337 e. The quantitative estimate of drug-likeness (QED) is 0.814. The van der Waals surface area contributed by atoms with E-state index in [1.165, 1.54) is 18.2 Å². The van der Waals surface area contributed by atoms with Gasteiger partial charge in [-0.1, -0.05) is 6.07 Å². The van der Waals surface area contributed by atoms with Crippen LogP contribution in [-0.2, 0) is 9.47 Å². The maximum atomic E-state index is 11.8. The fourth-order valence-corrected chi connectivity index (χ4v) is 4.35. The van der Waals surface area contributed by atoms with Gasteiger partial charge in [-0.2, -0.15) is 0 Å². The van der Waals surface area contributed by atoms with Gasteiger partial charge in [-0.25, -0.2) is 4.79 Å². The number of fused-ring (bicyclic) bond motifs is 3. The minimum Gasteiger partial charge on any atom is -0.497 e. The Kier molecular flexibility index (Phi) is 4.79. The molecule has 0 aliphatic carbocycles. The van der Waals surface area contributed by atoms with Gasteiger partial charge in [0.2, 0.25) is 0 Å². The summed E-state index contributed by atoms with van der Waals surface area (Å²) in [7, 11) is 3.09. The maximum absolute atomic E-state index is 11.8. The van der Waals surface area contributed by atoms with Crippen molar-refractivity contribution in [1.29, 1.82) is 0 Å². The van der Waals surface area contributed by atoms with Crippen LogP contribution in [0.4, 0.5) is 5.69 Å². The normalized spacial score (nSPS) is 23.6. The van der Waals surface area contributed by atoms with Crippen LogP contribution >= 0.6 is 0 Å². The summed E-state index contributed by atoms with van der Waals surface area (Å²) in [5.74, 6) is 0.874. The Labute approximate surface area is 159 Å². The molecule has 0 spiro atoms. The number of hydrogen-bond acceptors (Lipinski definition) is 5. The van der Waals surface area contributed by atoms with E-state index in [1.54, 1.807) is 7.11 Å². The van der Waals surface area contributed by atoms with E-state index in [0.29, 0.717) is 11.5 Å². The predicted octanol–water partition coefficient (Wildman–Crippen LogP) is 4.42. The van der Waals surface area contributed by atoms with Gasteiger partial charge >= 0.3 is 5.97 Å². The van der Waals surface area contributed by atoms with Gasteiger partial charge in [0.15, 0.2) is 0 Å². The van der Waals surface area contributed by atoms with E-state index < -0.39 is 0 Å². The van der Waals surface area contributed by atoms with Crippen LogP contribution in [0.3, 0.4) is 0 Å². The van der Waals surface area contributed by atoms with Crippen LogP contribution < -0.4 is 10.1 Å². The van der Waals surface area contributed by atoms with Gasteiger partial charge in [-0.05, 0) is 61.2 Å². The summed E-state index contributed by atoms with van der Waals surface area (Å²) in [6.45, 7) is 2.83. The number of carbonyl (C=O) groups excluding carboxylic acids is 1. The summed E-state index contributed by atoms with van der Waals surface area (Å²) in [5, 5.41) is 3.72. The highest BCUT2D eigenvalue weighted by Crippen LogP contribution is 2.50. The third-order valence-corrected chi connectivity index (χ3v) is 5.70. The zero-order chi connectivity index (χ0) is 19.0. The second kappa shape index (κ2) is 7.24. The Morgan fingerprint density at radius 2 is 2.00 bits per heavy atom. The van der Waals surface area contributed by atoms with Crippen molar-refractivity contribution in [1.82, 2.24) is 0 Å². The number of ether oxygens (including phenoxy) is 3. The van der Waals surface area contributed by atoms with Crippen LogP contribution in [0.15, 0.2) is 36.4 Å². The van der Waals surface area contributed by atoms with Crippen molar-refractivity contribution in [2.24, 2.45) is 5.92 Å². The molecule has 1 saturated heterocycles. The fraction of sp³-hybridized carbons (Fsp3) is 0.409. The SMILES string of the molecule is COC(=O)c1ccc([C@@H]2Nc3ccc(OC)cc3[C@@H]3OCCC[C@H]23)c(C)c1. The topological polar surface area (TPSA) is 56.8 Å². The summed E-state index contributed by atoms with van der Waals surface area (Å²) in [4.78, 5) is 11.8. The molecule has 0 amide bonds. The molecule has 0 aromatic heterocycles. The number of anilines is 1. The highest BCUT2D eigenvalue weighted by Gasteiger charge is 2.40. The molecule has 0 bridgehead atoms. The molecule has 0 radical (unpaired) electrons.